The fourth-order valence-corrected chi connectivity index (χ4v) is 4.48. The van der Waals surface area contributed by atoms with Gasteiger partial charge in [-0.25, -0.2) is 8.42 Å². The Hall–Kier alpha value is -2.98. The van der Waals surface area contributed by atoms with Gasteiger partial charge in [-0.05, 0) is 36.6 Å². The van der Waals surface area contributed by atoms with Gasteiger partial charge in [0, 0.05) is 24.2 Å². The Balaban J connectivity index is 2.43. The van der Waals surface area contributed by atoms with Crippen LogP contribution in [0, 0.1) is 5.92 Å². The van der Waals surface area contributed by atoms with E-state index in [1.54, 1.807) is 37.3 Å². The van der Waals surface area contributed by atoms with E-state index in [2.05, 4.69) is 5.32 Å². The number of hydrogen-bond donors (Lipinski definition) is 1. The minimum absolute atomic E-state index is 0.0261. The van der Waals surface area contributed by atoms with Crippen molar-refractivity contribution in [2.45, 2.75) is 33.4 Å². The Kier molecular flexibility index (Phi) is 10.4. The third-order valence-corrected chi connectivity index (χ3v) is 6.99. The lowest BCUT2D eigenvalue weighted by Gasteiger charge is -2.32. The molecule has 2 aromatic carbocycles. The van der Waals surface area contributed by atoms with E-state index in [9.17, 15) is 18.0 Å². The fraction of sp³-hybridized carbons (Fsp3) is 0.440. The van der Waals surface area contributed by atoms with Gasteiger partial charge in [0.05, 0.1) is 26.2 Å². The average Bonchev–Trinajstić information content (AvgIpc) is 2.83. The molecule has 0 bridgehead atoms. The monoisotopic (exact) mass is 539 g/mol. The Labute approximate surface area is 218 Å². The maximum atomic E-state index is 13.6. The summed E-state index contributed by atoms with van der Waals surface area (Å²) in [4.78, 5) is 27.8. The number of benzene rings is 2. The largest absolute Gasteiger partial charge is 0.493 e. The number of nitrogens with zero attached hydrogens (tertiary/aromatic N) is 2. The topological polar surface area (TPSA) is 105 Å². The summed E-state index contributed by atoms with van der Waals surface area (Å²) in [6.45, 7) is 5.47. The molecule has 1 N–H and O–H groups in total. The van der Waals surface area contributed by atoms with E-state index in [0.29, 0.717) is 28.6 Å². The highest BCUT2D eigenvalue weighted by Gasteiger charge is 2.30. The second-order valence-corrected chi connectivity index (χ2v) is 11.1. The first-order valence-electron chi connectivity index (χ1n) is 11.4. The second-order valence-electron chi connectivity index (χ2n) is 8.74. The number of hydrogen-bond acceptors (Lipinski definition) is 6. The minimum Gasteiger partial charge on any atom is -0.493 e. The zero-order valence-electron chi connectivity index (χ0n) is 21.4. The SMILES string of the molecule is COc1ccc(N(CC(=O)N(Cc2ccccc2Cl)C(C)C(=O)NCC(C)C)S(C)(=O)=O)cc1OC. The Morgan fingerprint density at radius 1 is 1.03 bits per heavy atom. The molecule has 0 aliphatic heterocycles. The Bertz CT molecular complexity index is 1170. The summed E-state index contributed by atoms with van der Waals surface area (Å²) in [5, 5.41) is 3.27. The van der Waals surface area contributed by atoms with Gasteiger partial charge >= 0.3 is 0 Å². The lowest BCUT2D eigenvalue weighted by Crippen LogP contribution is -2.51. The zero-order chi connectivity index (χ0) is 27.0. The molecule has 36 heavy (non-hydrogen) atoms. The normalized spacial score (nSPS) is 12.1. The molecule has 198 valence electrons. The molecular weight excluding hydrogens is 506 g/mol. The van der Waals surface area contributed by atoms with Gasteiger partial charge in [-0.3, -0.25) is 13.9 Å². The van der Waals surface area contributed by atoms with E-state index in [1.807, 2.05) is 13.8 Å². The lowest BCUT2D eigenvalue weighted by atomic mass is 10.1. The number of sulfonamides is 1. The molecule has 0 spiro atoms. The quantitative estimate of drug-likeness (QED) is 0.443. The summed E-state index contributed by atoms with van der Waals surface area (Å²) in [7, 11) is -0.980. The smallest absolute Gasteiger partial charge is 0.244 e. The molecule has 2 aromatic rings. The lowest BCUT2D eigenvalue weighted by molar-refractivity contribution is -0.139. The van der Waals surface area contributed by atoms with Crippen LogP contribution in [0.2, 0.25) is 5.02 Å². The van der Waals surface area contributed by atoms with Gasteiger partial charge in [-0.2, -0.15) is 0 Å². The maximum absolute atomic E-state index is 13.6. The fourth-order valence-electron chi connectivity index (χ4n) is 3.44. The van der Waals surface area contributed by atoms with Crippen molar-refractivity contribution in [3.05, 3.63) is 53.1 Å². The number of amides is 2. The Morgan fingerprint density at radius 2 is 1.67 bits per heavy atom. The highest BCUT2D eigenvalue weighted by atomic mass is 35.5. The molecular formula is C25H34ClN3O6S. The van der Waals surface area contributed by atoms with Crippen molar-refractivity contribution < 1.29 is 27.5 Å². The van der Waals surface area contributed by atoms with Crippen LogP contribution in [-0.4, -0.2) is 64.7 Å². The van der Waals surface area contributed by atoms with Gasteiger partial charge in [0.25, 0.3) is 0 Å². The highest BCUT2D eigenvalue weighted by Crippen LogP contribution is 2.32. The molecule has 0 aliphatic carbocycles. The first-order chi connectivity index (χ1) is 16.9. The molecule has 1 atom stereocenters. The minimum atomic E-state index is -3.88. The van der Waals surface area contributed by atoms with Crippen LogP contribution in [0.25, 0.3) is 0 Å². The standard InChI is InChI=1S/C25H34ClN3O6S/c1-17(2)14-27-25(31)18(3)28(15-19-9-7-8-10-21(19)26)24(30)16-29(36(6,32)33)20-11-12-22(34-4)23(13-20)35-5/h7-13,17-18H,14-16H2,1-6H3,(H,27,31). The molecule has 1 unspecified atom stereocenters. The number of anilines is 1. The van der Waals surface area contributed by atoms with Crippen LogP contribution in [0.4, 0.5) is 5.69 Å². The number of carbonyl (C=O) groups is 2. The van der Waals surface area contributed by atoms with Crippen molar-refractivity contribution in [1.29, 1.82) is 0 Å². The van der Waals surface area contributed by atoms with Crippen LogP contribution in [0.3, 0.4) is 0 Å². The van der Waals surface area contributed by atoms with Gasteiger partial charge in [-0.1, -0.05) is 43.6 Å². The summed E-state index contributed by atoms with van der Waals surface area (Å²) in [6.07, 6.45) is 1.01. The number of methoxy groups -OCH3 is 2. The molecule has 0 heterocycles. The number of carbonyl (C=O) groups excluding carboxylic acids is 2. The summed E-state index contributed by atoms with van der Waals surface area (Å²) in [5.41, 5.74) is 0.853. The van der Waals surface area contributed by atoms with Gasteiger partial charge in [0.1, 0.15) is 12.6 Å². The van der Waals surface area contributed by atoms with Crippen LogP contribution in [0.5, 0.6) is 11.5 Å². The maximum Gasteiger partial charge on any atom is 0.244 e. The molecule has 0 radical (unpaired) electrons. The number of nitrogens with one attached hydrogen (secondary N) is 1. The van der Waals surface area contributed by atoms with E-state index in [0.717, 1.165) is 10.6 Å². The molecule has 0 aliphatic rings. The molecule has 0 saturated heterocycles. The third kappa shape index (κ3) is 7.76. The predicted octanol–water partition coefficient (Wildman–Crippen LogP) is 3.31. The predicted molar refractivity (Wildman–Crippen MR) is 141 cm³/mol. The number of rotatable bonds is 12. The van der Waals surface area contributed by atoms with Crippen LogP contribution >= 0.6 is 11.6 Å². The van der Waals surface area contributed by atoms with E-state index in [4.69, 9.17) is 21.1 Å². The van der Waals surface area contributed by atoms with Gasteiger partial charge in [0.15, 0.2) is 11.5 Å². The average molecular weight is 540 g/mol. The van der Waals surface area contributed by atoms with Crippen molar-refractivity contribution in [2.75, 3.05) is 37.9 Å². The van der Waals surface area contributed by atoms with Crippen LogP contribution in [-0.2, 0) is 26.2 Å². The van der Waals surface area contributed by atoms with Crippen LogP contribution in [0.1, 0.15) is 26.3 Å². The molecule has 0 aromatic heterocycles. The molecule has 0 saturated carbocycles. The summed E-state index contributed by atoms with van der Waals surface area (Å²) in [5.74, 6) is 0.0328. The van der Waals surface area contributed by atoms with Crippen molar-refractivity contribution in [3.63, 3.8) is 0 Å². The summed E-state index contributed by atoms with van der Waals surface area (Å²) < 4.78 is 36.9. The van der Waals surface area contributed by atoms with Crippen molar-refractivity contribution in [2.24, 2.45) is 5.92 Å². The molecule has 2 rings (SSSR count). The summed E-state index contributed by atoms with van der Waals surface area (Å²) >= 11 is 6.33. The van der Waals surface area contributed by atoms with Gasteiger partial charge < -0.3 is 19.7 Å². The molecule has 11 heteroatoms. The molecule has 2 amide bonds. The molecule has 0 fully saturated rings. The van der Waals surface area contributed by atoms with Crippen molar-refractivity contribution in [3.8, 4) is 11.5 Å². The zero-order valence-corrected chi connectivity index (χ0v) is 23.0. The first-order valence-corrected chi connectivity index (χ1v) is 13.6. The van der Waals surface area contributed by atoms with E-state index in [-0.39, 0.29) is 24.1 Å². The van der Waals surface area contributed by atoms with Crippen molar-refractivity contribution in [1.82, 2.24) is 10.2 Å². The van der Waals surface area contributed by atoms with Crippen LogP contribution < -0.4 is 19.1 Å². The number of ether oxygens (including phenoxy) is 2. The van der Waals surface area contributed by atoms with E-state index >= 15 is 0 Å². The molecule has 9 nitrogen and oxygen atoms in total. The van der Waals surface area contributed by atoms with Crippen LogP contribution in [0.15, 0.2) is 42.5 Å². The first kappa shape index (κ1) is 29.3. The highest BCUT2D eigenvalue weighted by molar-refractivity contribution is 7.92. The Morgan fingerprint density at radius 3 is 2.22 bits per heavy atom. The number of halogens is 1. The van der Waals surface area contributed by atoms with Crippen molar-refractivity contribution >= 4 is 39.1 Å². The van der Waals surface area contributed by atoms with Gasteiger partial charge in [0.2, 0.25) is 21.8 Å². The van der Waals surface area contributed by atoms with E-state index in [1.165, 1.54) is 31.3 Å². The van der Waals surface area contributed by atoms with Gasteiger partial charge in [-0.15, -0.1) is 0 Å². The third-order valence-electron chi connectivity index (χ3n) is 5.48. The van der Waals surface area contributed by atoms with E-state index < -0.39 is 28.5 Å². The second kappa shape index (κ2) is 12.8. The summed E-state index contributed by atoms with van der Waals surface area (Å²) in [6, 6.07) is 10.7.